The topological polar surface area (TPSA) is 55.6 Å². The van der Waals surface area contributed by atoms with E-state index in [0.717, 1.165) is 38.6 Å². The molecule has 1 atom stereocenters. The van der Waals surface area contributed by atoms with E-state index >= 15 is 0 Å². The first-order valence-corrected chi connectivity index (χ1v) is 9.12. The highest BCUT2D eigenvalue weighted by atomic mass is 16.5. The number of carbonyl (C=O) groups is 1. The smallest absolute Gasteiger partial charge is 0.260 e. The number of hydrogen-bond donors (Lipinski definition) is 0. The molecule has 1 amide bonds. The van der Waals surface area contributed by atoms with Gasteiger partial charge in [-0.1, -0.05) is 30.3 Å². The number of piperidine rings is 1. The van der Waals surface area contributed by atoms with Gasteiger partial charge in [0, 0.05) is 18.7 Å². The van der Waals surface area contributed by atoms with Gasteiger partial charge >= 0.3 is 0 Å². The molecule has 0 bridgehead atoms. The Morgan fingerprint density at radius 1 is 1.32 bits per heavy atom. The van der Waals surface area contributed by atoms with Gasteiger partial charge in [-0.15, -0.1) is 0 Å². The number of ether oxygens (including phenoxy) is 1. The van der Waals surface area contributed by atoms with Crippen LogP contribution in [0.2, 0.25) is 0 Å². The molecule has 5 heteroatoms. The molecule has 1 fully saturated rings. The summed E-state index contributed by atoms with van der Waals surface area (Å²) < 4.78 is 10.4. The predicted octanol–water partition coefficient (Wildman–Crippen LogP) is 3.77. The van der Waals surface area contributed by atoms with E-state index in [-0.39, 0.29) is 12.5 Å². The third-order valence-electron chi connectivity index (χ3n) is 4.74. The van der Waals surface area contributed by atoms with Crippen LogP contribution in [0.3, 0.4) is 0 Å². The summed E-state index contributed by atoms with van der Waals surface area (Å²) in [5.41, 5.74) is 1.36. The minimum atomic E-state index is 0.0289. The van der Waals surface area contributed by atoms with Crippen molar-refractivity contribution >= 4 is 5.91 Å². The predicted molar refractivity (Wildman–Crippen MR) is 95.5 cm³/mol. The molecule has 3 rings (SSSR count). The van der Waals surface area contributed by atoms with Crippen LogP contribution in [0.1, 0.15) is 43.4 Å². The van der Waals surface area contributed by atoms with E-state index in [1.165, 1.54) is 12.0 Å². The molecule has 1 unspecified atom stereocenters. The number of carbonyl (C=O) groups excluding carboxylic acids is 1. The average molecular weight is 342 g/mol. The highest BCUT2D eigenvalue weighted by molar-refractivity contribution is 5.78. The largest absolute Gasteiger partial charge is 0.465 e. The van der Waals surface area contributed by atoms with Crippen molar-refractivity contribution in [3.8, 4) is 5.88 Å². The highest BCUT2D eigenvalue weighted by Gasteiger charge is 2.26. The molecule has 0 radical (unpaired) electrons. The summed E-state index contributed by atoms with van der Waals surface area (Å²) in [6, 6.07) is 12.5. The molecule has 1 aromatic carbocycles. The quantitative estimate of drug-likeness (QED) is 0.769. The van der Waals surface area contributed by atoms with E-state index in [1.54, 1.807) is 13.0 Å². The van der Waals surface area contributed by atoms with Crippen molar-refractivity contribution in [2.75, 3.05) is 13.2 Å². The zero-order valence-electron chi connectivity index (χ0n) is 14.8. The molecule has 0 aliphatic carbocycles. The van der Waals surface area contributed by atoms with Crippen LogP contribution in [0.15, 0.2) is 40.9 Å². The number of benzene rings is 1. The Hall–Kier alpha value is -2.30. The van der Waals surface area contributed by atoms with E-state index in [1.807, 2.05) is 11.0 Å². The molecule has 1 aromatic heterocycles. The van der Waals surface area contributed by atoms with Crippen LogP contribution in [-0.2, 0) is 11.2 Å². The van der Waals surface area contributed by atoms with Gasteiger partial charge in [0.15, 0.2) is 6.61 Å². The van der Waals surface area contributed by atoms with Gasteiger partial charge in [-0.3, -0.25) is 4.79 Å². The molecule has 5 nitrogen and oxygen atoms in total. The molecule has 134 valence electrons. The van der Waals surface area contributed by atoms with E-state index < -0.39 is 0 Å². The SMILES string of the molecule is Cc1cc(OCC(=O)N2CCCCC2CCCc2ccccc2)no1. The first-order valence-electron chi connectivity index (χ1n) is 9.12. The van der Waals surface area contributed by atoms with Crippen LogP contribution >= 0.6 is 0 Å². The fraction of sp³-hybridized carbons (Fsp3) is 0.500. The maximum atomic E-state index is 12.6. The molecular weight excluding hydrogens is 316 g/mol. The van der Waals surface area contributed by atoms with Crippen molar-refractivity contribution in [2.24, 2.45) is 0 Å². The standard InChI is InChI=1S/C20H26N2O3/c1-16-14-19(21-25-16)24-15-20(23)22-13-6-5-11-18(22)12-7-10-17-8-3-2-4-9-17/h2-4,8-9,14,18H,5-7,10-13,15H2,1H3. The van der Waals surface area contributed by atoms with Crippen molar-refractivity contribution < 1.29 is 14.1 Å². The van der Waals surface area contributed by atoms with E-state index in [2.05, 4.69) is 29.4 Å². The van der Waals surface area contributed by atoms with Crippen LogP contribution in [0.5, 0.6) is 5.88 Å². The second kappa shape index (κ2) is 8.70. The lowest BCUT2D eigenvalue weighted by molar-refractivity contribution is -0.137. The number of aromatic nitrogens is 1. The maximum Gasteiger partial charge on any atom is 0.260 e. The zero-order valence-corrected chi connectivity index (χ0v) is 14.8. The van der Waals surface area contributed by atoms with Crippen LogP contribution in [0, 0.1) is 6.92 Å². The molecule has 0 N–H and O–H groups in total. The van der Waals surface area contributed by atoms with Crippen LogP contribution < -0.4 is 4.74 Å². The Balaban J connectivity index is 1.48. The number of aryl methyl sites for hydroxylation is 2. The second-order valence-corrected chi connectivity index (χ2v) is 6.68. The fourth-order valence-corrected chi connectivity index (χ4v) is 3.45. The summed E-state index contributed by atoms with van der Waals surface area (Å²) in [5, 5.41) is 3.77. The number of hydrogen-bond acceptors (Lipinski definition) is 4. The Bertz CT molecular complexity index is 669. The lowest BCUT2D eigenvalue weighted by Gasteiger charge is -2.35. The molecule has 1 aliphatic heterocycles. The van der Waals surface area contributed by atoms with Gasteiger partial charge in [0.25, 0.3) is 11.8 Å². The molecule has 25 heavy (non-hydrogen) atoms. The average Bonchev–Trinajstić information content (AvgIpc) is 3.06. The zero-order chi connectivity index (χ0) is 17.5. The Morgan fingerprint density at radius 3 is 2.92 bits per heavy atom. The number of likely N-dealkylation sites (tertiary alicyclic amines) is 1. The highest BCUT2D eigenvalue weighted by Crippen LogP contribution is 2.22. The van der Waals surface area contributed by atoms with Crippen molar-refractivity contribution in [3.63, 3.8) is 0 Å². The van der Waals surface area contributed by atoms with Gasteiger partial charge in [-0.2, -0.15) is 0 Å². The van der Waals surface area contributed by atoms with Gasteiger partial charge in [0.2, 0.25) is 0 Å². The first kappa shape index (κ1) is 17.5. The maximum absolute atomic E-state index is 12.6. The van der Waals surface area contributed by atoms with Gasteiger partial charge in [0.05, 0.1) is 0 Å². The third-order valence-corrected chi connectivity index (χ3v) is 4.74. The molecule has 2 aromatic rings. The monoisotopic (exact) mass is 342 g/mol. The first-order chi connectivity index (χ1) is 12.2. The van der Waals surface area contributed by atoms with Crippen molar-refractivity contribution in [1.29, 1.82) is 0 Å². The van der Waals surface area contributed by atoms with E-state index in [0.29, 0.717) is 17.7 Å². The number of nitrogens with zero attached hydrogens (tertiary/aromatic N) is 2. The Labute approximate surface area is 148 Å². The summed E-state index contributed by atoms with van der Waals surface area (Å²) in [7, 11) is 0. The summed E-state index contributed by atoms with van der Waals surface area (Å²) in [4.78, 5) is 14.6. The lowest BCUT2D eigenvalue weighted by Crippen LogP contribution is -2.45. The fourth-order valence-electron chi connectivity index (χ4n) is 3.45. The van der Waals surface area contributed by atoms with Crippen molar-refractivity contribution in [2.45, 2.75) is 51.5 Å². The second-order valence-electron chi connectivity index (χ2n) is 6.68. The van der Waals surface area contributed by atoms with Gasteiger partial charge in [0.1, 0.15) is 5.76 Å². The minimum Gasteiger partial charge on any atom is -0.465 e. The molecule has 2 heterocycles. The van der Waals surface area contributed by atoms with Crippen LogP contribution in [-0.4, -0.2) is 35.2 Å². The number of amides is 1. The minimum absolute atomic E-state index is 0.0289. The van der Waals surface area contributed by atoms with Crippen molar-refractivity contribution in [3.05, 3.63) is 47.7 Å². The molecular formula is C20H26N2O3. The van der Waals surface area contributed by atoms with E-state index in [4.69, 9.17) is 9.26 Å². The Morgan fingerprint density at radius 2 is 2.16 bits per heavy atom. The Kier molecular flexibility index (Phi) is 6.09. The molecule has 0 spiro atoms. The summed E-state index contributed by atoms with van der Waals surface area (Å²) >= 11 is 0. The molecule has 0 saturated carbocycles. The molecule has 1 saturated heterocycles. The molecule has 1 aliphatic rings. The van der Waals surface area contributed by atoms with Gasteiger partial charge < -0.3 is 14.2 Å². The third kappa shape index (κ3) is 5.08. The summed E-state index contributed by atoms with van der Waals surface area (Å²) in [6.45, 7) is 2.66. The van der Waals surface area contributed by atoms with Crippen LogP contribution in [0.4, 0.5) is 0 Å². The van der Waals surface area contributed by atoms with E-state index in [9.17, 15) is 4.79 Å². The summed E-state index contributed by atoms with van der Waals surface area (Å²) in [6.07, 6.45) is 6.57. The lowest BCUT2D eigenvalue weighted by atomic mass is 9.96. The van der Waals surface area contributed by atoms with Crippen molar-refractivity contribution in [1.82, 2.24) is 10.1 Å². The number of rotatable bonds is 7. The van der Waals surface area contributed by atoms with Gasteiger partial charge in [-0.05, 0) is 56.2 Å². The van der Waals surface area contributed by atoms with Crippen LogP contribution in [0.25, 0.3) is 0 Å². The normalized spacial score (nSPS) is 17.5. The van der Waals surface area contributed by atoms with Gasteiger partial charge in [-0.25, -0.2) is 0 Å². The summed E-state index contributed by atoms with van der Waals surface area (Å²) in [5.74, 6) is 1.10.